The maximum absolute atomic E-state index is 14.2. The molecule has 1 saturated carbocycles. The highest BCUT2D eigenvalue weighted by Gasteiger charge is 2.40. The molecular weight excluding hydrogens is 509 g/mol. The van der Waals surface area contributed by atoms with Crippen molar-refractivity contribution in [3.63, 3.8) is 0 Å². The Morgan fingerprint density at radius 1 is 1.18 bits per heavy atom. The van der Waals surface area contributed by atoms with E-state index in [0.29, 0.717) is 36.8 Å². The summed E-state index contributed by atoms with van der Waals surface area (Å²) < 4.78 is 50.5. The van der Waals surface area contributed by atoms with Crippen molar-refractivity contribution < 1.29 is 17.9 Å². The highest BCUT2D eigenvalue weighted by Crippen LogP contribution is 2.42. The van der Waals surface area contributed by atoms with Crippen molar-refractivity contribution in [2.75, 3.05) is 33.9 Å². The zero-order valence-electron chi connectivity index (χ0n) is 22.5. The normalized spacial score (nSPS) is 23.2. The summed E-state index contributed by atoms with van der Waals surface area (Å²) in [5, 5.41) is 0. The minimum absolute atomic E-state index is 0.0937. The van der Waals surface area contributed by atoms with Crippen molar-refractivity contribution in [2.24, 2.45) is 5.92 Å². The van der Waals surface area contributed by atoms with Crippen LogP contribution in [0.2, 0.25) is 0 Å². The van der Waals surface area contributed by atoms with Gasteiger partial charge in [0.2, 0.25) is 0 Å². The number of fused-ring (bicyclic) bond motifs is 1. The summed E-state index contributed by atoms with van der Waals surface area (Å²) in [6.45, 7) is 4.24. The van der Waals surface area contributed by atoms with Gasteiger partial charge in [-0.25, -0.2) is 15.6 Å². The van der Waals surface area contributed by atoms with Crippen LogP contribution in [0.5, 0.6) is 0 Å². The topological polar surface area (TPSA) is 66.2 Å². The van der Waals surface area contributed by atoms with Crippen LogP contribution >= 0.6 is 0 Å². The predicted molar refractivity (Wildman–Crippen MR) is 141 cm³/mol. The fourth-order valence-corrected chi connectivity index (χ4v) is 6.38. The molecule has 210 valence electrons. The first-order chi connectivity index (χ1) is 18.6. The van der Waals surface area contributed by atoms with Gasteiger partial charge in [0.25, 0.3) is 0 Å². The van der Waals surface area contributed by atoms with E-state index in [-0.39, 0.29) is 23.2 Å². The molecule has 2 atom stereocenters. The number of benzene rings is 1. The van der Waals surface area contributed by atoms with Crippen LogP contribution in [-0.2, 0) is 17.5 Å². The quantitative estimate of drug-likeness (QED) is 0.475. The number of hydrazine groups is 1. The minimum atomic E-state index is -4.60. The second kappa shape index (κ2) is 9.74. The Hall–Kier alpha value is -2.70. The summed E-state index contributed by atoms with van der Waals surface area (Å²) in [6, 6.07) is 8.85. The number of imidazole rings is 1. The van der Waals surface area contributed by atoms with Gasteiger partial charge in [-0.2, -0.15) is 13.2 Å². The molecule has 0 bridgehead atoms. The second-order valence-electron chi connectivity index (χ2n) is 11.6. The van der Waals surface area contributed by atoms with Gasteiger partial charge in [-0.05, 0) is 62.1 Å². The standard InChI is InChI=1S/C28H35F3N6O2/c1-27(39-3)15-35(16-27)12-18-10-22(28(29,30)31)23-14-36(26(38)37(23)13-18)21-9-5-8-20(11-21)24(19-6-4-7-19)25-33-32-17-34(25)2/h5,8-11,13-14,19,24-25,32-33H,4,6-7,12,15-17H2,1-3H3/t24-,25?/m1/s1. The number of nitrogens with zero attached hydrogens (tertiary/aromatic N) is 4. The molecule has 0 spiro atoms. The summed E-state index contributed by atoms with van der Waals surface area (Å²) in [5.74, 6) is 0.698. The number of rotatable bonds is 7. The maximum atomic E-state index is 14.2. The molecule has 8 nitrogen and oxygen atoms in total. The van der Waals surface area contributed by atoms with Crippen molar-refractivity contribution in [2.45, 2.75) is 56.6 Å². The van der Waals surface area contributed by atoms with Gasteiger partial charge in [0.05, 0.1) is 35.2 Å². The molecule has 2 aliphatic heterocycles. The monoisotopic (exact) mass is 544 g/mol. The molecule has 0 amide bonds. The molecule has 1 aromatic carbocycles. The van der Waals surface area contributed by atoms with E-state index in [2.05, 4.69) is 28.9 Å². The highest BCUT2D eigenvalue weighted by atomic mass is 19.4. The average Bonchev–Trinajstić information content (AvgIpc) is 3.42. The van der Waals surface area contributed by atoms with E-state index in [0.717, 1.165) is 29.5 Å². The summed E-state index contributed by atoms with van der Waals surface area (Å²) in [7, 11) is 3.70. The fourth-order valence-electron chi connectivity index (χ4n) is 6.38. The molecule has 11 heteroatoms. The summed E-state index contributed by atoms with van der Waals surface area (Å²) in [4.78, 5) is 17.8. The summed E-state index contributed by atoms with van der Waals surface area (Å²) in [5.41, 5.74) is 6.89. The number of likely N-dealkylation sites (N-methyl/N-ethyl adjacent to an activating group) is 1. The van der Waals surface area contributed by atoms with Gasteiger partial charge in [0.15, 0.2) is 0 Å². The van der Waals surface area contributed by atoms with Crippen molar-refractivity contribution in [3.8, 4) is 5.69 Å². The third kappa shape index (κ3) is 4.80. The lowest BCUT2D eigenvalue weighted by Crippen LogP contribution is -2.60. The third-order valence-corrected chi connectivity index (χ3v) is 8.73. The van der Waals surface area contributed by atoms with Gasteiger partial charge in [-0.3, -0.25) is 18.8 Å². The molecule has 39 heavy (non-hydrogen) atoms. The van der Waals surface area contributed by atoms with E-state index < -0.39 is 17.4 Å². The number of halogens is 3. The molecule has 0 radical (unpaired) electrons. The number of alkyl halides is 3. The van der Waals surface area contributed by atoms with Gasteiger partial charge in [-0.15, -0.1) is 0 Å². The summed E-state index contributed by atoms with van der Waals surface area (Å²) in [6.07, 6.45) is 1.81. The maximum Gasteiger partial charge on any atom is 0.418 e. The summed E-state index contributed by atoms with van der Waals surface area (Å²) >= 11 is 0. The van der Waals surface area contributed by atoms with E-state index in [9.17, 15) is 18.0 Å². The molecule has 2 N–H and O–H groups in total. The van der Waals surface area contributed by atoms with Crippen molar-refractivity contribution in [1.29, 1.82) is 0 Å². The molecule has 1 unspecified atom stereocenters. The van der Waals surface area contributed by atoms with Crippen LogP contribution in [0, 0.1) is 5.92 Å². The number of nitrogens with one attached hydrogen (secondary N) is 2. The first-order valence-corrected chi connectivity index (χ1v) is 13.5. The van der Waals surface area contributed by atoms with Crippen molar-refractivity contribution in [3.05, 3.63) is 69.9 Å². The number of hydrogen-bond acceptors (Lipinski definition) is 6. The Bertz CT molecular complexity index is 1420. The van der Waals surface area contributed by atoms with Crippen LogP contribution in [0.15, 0.2) is 47.5 Å². The SMILES string of the molecule is COC1(C)CN(Cc2cc(C(F)(F)F)c3cn(-c4cccc([C@@H](C5CCC5)C5NNCN5C)c4)c(=O)n3c2)C1. The largest absolute Gasteiger partial charge is 0.418 e. The zero-order chi connectivity index (χ0) is 27.5. The van der Waals surface area contributed by atoms with Crippen molar-refractivity contribution >= 4 is 5.52 Å². The number of likely N-dealkylation sites (tertiary alicyclic amines) is 1. The average molecular weight is 545 g/mol. The smallest absolute Gasteiger partial charge is 0.376 e. The Balaban J connectivity index is 1.38. The zero-order valence-corrected chi connectivity index (χ0v) is 22.5. The minimum Gasteiger partial charge on any atom is -0.376 e. The molecule has 3 fully saturated rings. The van der Waals surface area contributed by atoms with E-state index in [1.807, 2.05) is 24.0 Å². The highest BCUT2D eigenvalue weighted by molar-refractivity contribution is 5.58. The van der Waals surface area contributed by atoms with Gasteiger partial charge in [-0.1, -0.05) is 18.6 Å². The van der Waals surface area contributed by atoms with Crippen LogP contribution in [0.4, 0.5) is 13.2 Å². The van der Waals surface area contributed by atoms with Crippen molar-refractivity contribution in [1.82, 2.24) is 29.6 Å². The number of aromatic nitrogens is 2. The van der Waals surface area contributed by atoms with E-state index >= 15 is 0 Å². The second-order valence-corrected chi connectivity index (χ2v) is 11.6. The van der Waals surface area contributed by atoms with E-state index in [1.54, 1.807) is 13.2 Å². The van der Waals surface area contributed by atoms with E-state index in [4.69, 9.17) is 4.74 Å². The van der Waals surface area contributed by atoms with Gasteiger partial charge >= 0.3 is 11.9 Å². The van der Waals surface area contributed by atoms with Gasteiger partial charge < -0.3 is 4.74 Å². The molecular formula is C28H35F3N6O2. The Morgan fingerprint density at radius 2 is 1.95 bits per heavy atom. The Kier molecular flexibility index (Phi) is 6.62. The number of hydrogen-bond donors (Lipinski definition) is 2. The lowest BCUT2D eigenvalue weighted by atomic mass is 9.71. The molecule has 2 aromatic heterocycles. The van der Waals surface area contributed by atoms with E-state index in [1.165, 1.54) is 29.4 Å². The van der Waals surface area contributed by atoms with Crippen LogP contribution in [-0.4, -0.2) is 64.5 Å². The first-order valence-electron chi connectivity index (χ1n) is 13.5. The number of methoxy groups -OCH3 is 1. The molecule has 1 aliphatic carbocycles. The van der Waals surface area contributed by atoms with Crippen LogP contribution in [0.25, 0.3) is 11.2 Å². The van der Waals surface area contributed by atoms with Gasteiger partial charge in [0, 0.05) is 45.1 Å². The fraction of sp³-hybridized carbons (Fsp3) is 0.536. The molecule has 2 saturated heterocycles. The van der Waals surface area contributed by atoms with Gasteiger partial charge in [0.1, 0.15) is 0 Å². The number of pyridine rings is 1. The Labute approximate surface area is 225 Å². The number of ether oxygens (including phenoxy) is 1. The Morgan fingerprint density at radius 3 is 2.56 bits per heavy atom. The molecule has 3 aromatic rings. The van der Waals surface area contributed by atoms with Crippen LogP contribution in [0.3, 0.4) is 0 Å². The lowest BCUT2D eigenvalue weighted by molar-refractivity contribution is -0.136. The first kappa shape index (κ1) is 26.5. The molecule has 3 aliphatic rings. The van der Waals surface area contributed by atoms with Crippen LogP contribution < -0.4 is 16.5 Å². The molecule has 4 heterocycles. The van der Waals surface area contributed by atoms with Crippen LogP contribution in [0.1, 0.15) is 48.8 Å². The predicted octanol–water partition coefficient (Wildman–Crippen LogP) is 3.54. The third-order valence-electron chi connectivity index (χ3n) is 8.73. The molecule has 6 rings (SSSR count). The lowest BCUT2D eigenvalue weighted by Gasteiger charge is -2.47.